The van der Waals surface area contributed by atoms with Gasteiger partial charge in [-0.2, -0.15) is 5.10 Å². The molecular weight excluding hydrogens is 401 g/mol. The minimum Gasteiger partial charge on any atom is -0.325 e. The fourth-order valence-corrected chi connectivity index (χ4v) is 3.46. The average Bonchev–Trinajstić information content (AvgIpc) is 3.13. The molecule has 0 fully saturated rings. The van der Waals surface area contributed by atoms with Crippen molar-refractivity contribution in [2.75, 3.05) is 11.1 Å². The number of carbonyl (C=O) groups is 1. The highest BCUT2D eigenvalue weighted by Crippen LogP contribution is 2.26. The maximum Gasteiger partial charge on any atom is 0.234 e. The van der Waals surface area contributed by atoms with Crippen molar-refractivity contribution in [3.63, 3.8) is 0 Å². The smallest absolute Gasteiger partial charge is 0.234 e. The Morgan fingerprint density at radius 3 is 2.61 bits per heavy atom. The van der Waals surface area contributed by atoms with E-state index in [1.165, 1.54) is 42.4 Å². The normalized spacial score (nSPS) is 10.9. The third-order valence-corrected chi connectivity index (χ3v) is 5.13. The summed E-state index contributed by atoms with van der Waals surface area (Å²) in [7, 11) is 0. The Bertz CT molecular complexity index is 1130. The Kier molecular flexibility index (Phi) is 5.23. The van der Waals surface area contributed by atoms with E-state index in [1.807, 2.05) is 12.1 Å². The van der Waals surface area contributed by atoms with Gasteiger partial charge in [-0.05, 0) is 48.5 Å². The zero-order chi connectivity index (χ0) is 19.5. The maximum absolute atomic E-state index is 12.9. The van der Waals surface area contributed by atoms with Crippen LogP contribution in [0.2, 0.25) is 5.02 Å². The van der Waals surface area contributed by atoms with Gasteiger partial charge in [-0.15, -0.1) is 0 Å². The molecule has 4 rings (SSSR count). The zero-order valence-electron chi connectivity index (χ0n) is 14.3. The molecule has 6 nitrogen and oxygen atoms in total. The molecular formula is C19H13ClFN5OS. The van der Waals surface area contributed by atoms with Crippen molar-refractivity contribution in [1.29, 1.82) is 0 Å². The van der Waals surface area contributed by atoms with Gasteiger partial charge in [-0.3, -0.25) is 4.79 Å². The van der Waals surface area contributed by atoms with E-state index >= 15 is 0 Å². The Labute approximate surface area is 168 Å². The molecule has 0 radical (unpaired) electrons. The van der Waals surface area contributed by atoms with E-state index in [0.717, 1.165) is 11.1 Å². The molecule has 0 saturated carbocycles. The minimum absolute atomic E-state index is 0.148. The SMILES string of the molecule is O=C(CSc1ncnc2c1cnn2-c1ccc(Cl)cc1)Nc1ccc(F)cc1. The Hall–Kier alpha value is -2.97. The van der Waals surface area contributed by atoms with Crippen molar-refractivity contribution in [3.8, 4) is 5.69 Å². The van der Waals surface area contributed by atoms with E-state index < -0.39 is 0 Å². The van der Waals surface area contributed by atoms with Crippen molar-refractivity contribution < 1.29 is 9.18 Å². The predicted octanol–water partition coefficient (Wildman–Crippen LogP) is 4.34. The summed E-state index contributed by atoms with van der Waals surface area (Å²) in [5.74, 6) is -0.419. The Morgan fingerprint density at radius 2 is 1.86 bits per heavy atom. The van der Waals surface area contributed by atoms with Crippen LogP contribution >= 0.6 is 23.4 Å². The van der Waals surface area contributed by atoms with Gasteiger partial charge in [0.15, 0.2) is 5.65 Å². The van der Waals surface area contributed by atoms with Crippen LogP contribution in [0.4, 0.5) is 10.1 Å². The lowest BCUT2D eigenvalue weighted by Crippen LogP contribution is -2.14. The van der Waals surface area contributed by atoms with Crippen molar-refractivity contribution in [2.24, 2.45) is 0 Å². The van der Waals surface area contributed by atoms with Gasteiger partial charge in [0.2, 0.25) is 5.91 Å². The molecule has 0 atom stereocenters. The monoisotopic (exact) mass is 413 g/mol. The molecule has 1 N–H and O–H groups in total. The van der Waals surface area contributed by atoms with Crippen LogP contribution in [-0.2, 0) is 4.79 Å². The summed E-state index contributed by atoms with van der Waals surface area (Å²) in [4.78, 5) is 20.7. The number of rotatable bonds is 5. The molecule has 0 aliphatic heterocycles. The fourth-order valence-electron chi connectivity index (χ4n) is 2.57. The number of nitrogens with one attached hydrogen (secondary N) is 1. The molecule has 28 heavy (non-hydrogen) atoms. The zero-order valence-corrected chi connectivity index (χ0v) is 15.9. The van der Waals surface area contributed by atoms with E-state index in [2.05, 4.69) is 20.4 Å². The highest BCUT2D eigenvalue weighted by molar-refractivity contribution is 8.00. The number of carbonyl (C=O) groups excluding carboxylic acids is 1. The first-order chi connectivity index (χ1) is 13.6. The van der Waals surface area contributed by atoms with Gasteiger partial charge in [0.1, 0.15) is 17.2 Å². The maximum atomic E-state index is 12.9. The number of halogens is 2. The van der Waals surface area contributed by atoms with Crippen molar-refractivity contribution in [2.45, 2.75) is 5.03 Å². The van der Waals surface area contributed by atoms with Crippen LogP contribution in [0.5, 0.6) is 0 Å². The summed E-state index contributed by atoms with van der Waals surface area (Å²) in [6.45, 7) is 0. The van der Waals surface area contributed by atoms with Gasteiger partial charge in [0.25, 0.3) is 0 Å². The van der Waals surface area contributed by atoms with E-state index in [0.29, 0.717) is 21.4 Å². The molecule has 1 amide bonds. The first-order valence-electron chi connectivity index (χ1n) is 8.23. The third kappa shape index (κ3) is 3.97. The van der Waals surface area contributed by atoms with Crippen molar-refractivity contribution in [3.05, 3.63) is 71.9 Å². The van der Waals surface area contributed by atoms with Crippen LogP contribution in [0, 0.1) is 5.82 Å². The standard InChI is InChI=1S/C19H13ClFN5OS/c20-12-1-7-15(8-2-12)26-18-16(9-24-26)19(23-11-22-18)28-10-17(27)25-14-5-3-13(21)4-6-14/h1-9,11H,10H2,(H,25,27). The summed E-state index contributed by atoms with van der Waals surface area (Å²) in [5, 5.41) is 9.14. The molecule has 0 aliphatic rings. The highest BCUT2D eigenvalue weighted by Gasteiger charge is 2.13. The number of hydrogen-bond acceptors (Lipinski definition) is 5. The molecule has 0 unspecified atom stereocenters. The van der Waals surface area contributed by atoms with Crippen LogP contribution in [0.25, 0.3) is 16.7 Å². The lowest BCUT2D eigenvalue weighted by atomic mass is 10.3. The van der Waals surface area contributed by atoms with Gasteiger partial charge in [-0.25, -0.2) is 19.0 Å². The van der Waals surface area contributed by atoms with Gasteiger partial charge >= 0.3 is 0 Å². The molecule has 2 heterocycles. The first-order valence-corrected chi connectivity index (χ1v) is 9.59. The summed E-state index contributed by atoms with van der Waals surface area (Å²) in [6.07, 6.45) is 3.11. The van der Waals surface area contributed by atoms with Gasteiger partial charge in [-0.1, -0.05) is 23.4 Å². The molecule has 9 heteroatoms. The molecule has 4 aromatic rings. The van der Waals surface area contributed by atoms with Gasteiger partial charge in [0.05, 0.1) is 23.0 Å². The number of aromatic nitrogens is 4. The van der Waals surface area contributed by atoms with Crippen LogP contribution in [0.15, 0.2) is 66.1 Å². The topological polar surface area (TPSA) is 72.7 Å². The second-order valence-corrected chi connectivity index (χ2v) is 7.19. The molecule has 0 spiro atoms. The molecule has 2 aromatic heterocycles. The largest absolute Gasteiger partial charge is 0.325 e. The van der Waals surface area contributed by atoms with Crippen LogP contribution in [0.3, 0.4) is 0 Å². The highest BCUT2D eigenvalue weighted by atomic mass is 35.5. The summed E-state index contributed by atoms with van der Waals surface area (Å²) in [6, 6.07) is 12.9. The lowest BCUT2D eigenvalue weighted by Gasteiger charge is -2.06. The average molecular weight is 414 g/mol. The van der Waals surface area contributed by atoms with Crippen LogP contribution in [-0.4, -0.2) is 31.4 Å². The second-order valence-electron chi connectivity index (χ2n) is 5.79. The number of hydrogen-bond donors (Lipinski definition) is 1. The number of anilines is 1. The number of fused-ring (bicyclic) bond motifs is 1. The minimum atomic E-state index is -0.353. The molecule has 0 aliphatic carbocycles. The summed E-state index contributed by atoms with van der Waals surface area (Å²) in [5.41, 5.74) is 2.00. The van der Waals surface area contributed by atoms with E-state index in [1.54, 1.807) is 23.0 Å². The third-order valence-electron chi connectivity index (χ3n) is 3.87. The Balaban J connectivity index is 1.50. The number of benzene rings is 2. The molecule has 2 aromatic carbocycles. The quantitative estimate of drug-likeness (QED) is 0.389. The fraction of sp³-hybridized carbons (Fsp3) is 0.0526. The van der Waals surface area contributed by atoms with E-state index in [9.17, 15) is 9.18 Å². The number of thioether (sulfide) groups is 1. The number of amides is 1. The number of nitrogens with zero attached hydrogens (tertiary/aromatic N) is 4. The summed E-state index contributed by atoms with van der Waals surface area (Å²) >= 11 is 7.22. The molecule has 140 valence electrons. The summed E-state index contributed by atoms with van der Waals surface area (Å²) < 4.78 is 14.6. The first kappa shape index (κ1) is 18.4. The van der Waals surface area contributed by atoms with Gasteiger partial charge < -0.3 is 5.32 Å². The van der Waals surface area contributed by atoms with Gasteiger partial charge in [0, 0.05) is 10.7 Å². The second kappa shape index (κ2) is 7.95. The lowest BCUT2D eigenvalue weighted by molar-refractivity contribution is -0.113. The predicted molar refractivity (Wildman–Crippen MR) is 107 cm³/mol. The van der Waals surface area contributed by atoms with Crippen LogP contribution in [0.1, 0.15) is 0 Å². The molecule has 0 saturated heterocycles. The van der Waals surface area contributed by atoms with Crippen molar-refractivity contribution in [1.82, 2.24) is 19.7 Å². The Morgan fingerprint density at radius 1 is 1.11 bits per heavy atom. The van der Waals surface area contributed by atoms with Crippen LogP contribution < -0.4 is 5.32 Å². The van der Waals surface area contributed by atoms with E-state index in [4.69, 9.17) is 11.6 Å². The van der Waals surface area contributed by atoms with E-state index in [-0.39, 0.29) is 17.5 Å². The van der Waals surface area contributed by atoms with Crippen molar-refractivity contribution >= 4 is 46.0 Å². The molecule has 0 bridgehead atoms.